The molecule has 0 bridgehead atoms. The molecule has 0 aromatic carbocycles. The summed E-state index contributed by atoms with van der Waals surface area (Å²) in [4.78, 5) is 0. The lowest BCUT2D eigenvalue weighted by Gasteiger charge is -2.38. The van der Waals surface area contributed by atoms with E-state index in [4.69, 9.17) is 0 Å². The zero-order valence-corrected chi connectivity index (χ0v) is 11.6. The molecule has 2 atom stereocenters. The molecule has 2 unspecified atom stereocenters. The van der Waals surface area contributed by atoms with Crippen LogP contribution in [0.3, 0.4) is 0 Å². The van der Waals surface area contributed by atoms with Gasteiger partial charge < -0.3 is 5.32 Å². The maximum Gasteiger partial charge on any atom is 0.282 e. The van der Waals surface area contributed by atoms with Gasteiger partial charge >= 0.3 is 0 Å². The summed E-state index contributed by atoms with van der Waals surface area (Å²) in [5, 5.41) is 3.32. The van der Waals surface area contributed by atoms with E-state index < -0.39 is 10.2 Å². The third kappa shape index (κ3) is 2.94. The van der Waals surface area contributed by atoms with Gasteiger partial charge in [0.15, 0.2) is 0 Å². The highest BCUT2D eigenvalue weighted by molar-refractivity contribution is 7.86. The molecule has 6 heteroatoms. The number of nitrogens with one attached hydrogen (secondary N) is 1. The van der Waals surface area contributed by atoms with Gasteiger partial charge in [0, 0.05) is 38.3 Å². The SMILES string of the molecule is CC1CN(S(=O)(=O)N(C)C(C)C)CC(C)N1. The molecule has 1 rings (SSSR count). The Balaban J connectivity index is 2.83. The molecule has 1 saturated heterocycles. The molecule has 0 saturated carbocycles. The summed E-state index contributed by atoms with van der Waals surface area (Å²) in [5.41, 5.74) is 0. The van der Waals surface area contributed by atoms with Crippen LogP contribution in [0.5, 0.6) is 0 Å². The molecule has 96 valence electrons. The van der Waals surface area contributed by atoms with Crippen molar-refractivity contribution in [3.63, 3.8) is 0 Å². The van der Waals surface area contributed by atoms with E-state index in [1.165, 1.54) is 4.31 Å². The number of hydrogen-bond acceptors (Lipinski definition) is 3. The van der Waals surface area contributed by atoms with Gasteiger partial charge in [-0.2, -0.15) is 17.0 Å². The van der Waals surface area contributed by atoms with Crippen molar-refractivity contribution in [1.29, 1.82) is 0 Å². The second kappa shape index (κ2) is 5.00. The first-order chi connectivity index (χ1) is 7.25. The Morgan fingerprint density at radius 1 is 1.25 bits per heavy atom. The zero-order valence-electron chi connectivity index (χ0n) is 10.8. The minimum Gasteiger partial charge on any atom is -0.309 e. The quantitative estimate of drug-likeness (QED) is 0.780. The van der Waals surface area contributed by atoms with Crippen molar-refractivity contribution in [2.45, 2.75) is 45.8 Å². The van der Waals surface area contributed by atoms with Gasteiger partial charge in [-0.05, 0) is 27.7 Å². The minimum absolute atomic E-state index is 0.00880. The van der Waals surface area contributed by atoms with Crippen LogP contribution in [0.4, 0.5) is 0 Å². The summed E-state index contributed by atoms with van der Waals surface area (Å²) in [6, 6.07) is 0.406. The fraction of sp³-hybridized carbons (Fsp3) is 1.00. The highest BCUT2D eigenvalue weighted by Crippen LogP contribution is 2.14. The smallest absolute Gasteiger partial charge is 0.282 e. The Morgan fingerprint density at radius 2 is 1.69 bits per heavy atom. The third-order valence-electron chi connectivity index (χ3n) is 2.94. The van der Waals surface area contributed by atoms with Gasteiger partial charge in [-0.15, -0.1) is 0 Å². The topological polar surface area (TPSA) is 52.7 Å². The molecule has 1 fully saturated rings. The van der Waals surface area contributed by atoms with Gasteiger partial charge in [0.05, 0.1) is 0 Å². The standard InChI is InChI=1S/C10H23N3O2S/c1-8(2)12(5)16(14,15)13-6-9(3)11-10(4)7-13/h8-11H,6-7H2,1-5H3. The van der Waals surface area contributed by atoms with Crippen molar-refractivity contribution in [1.82, 2.24) is 13.9 Å². The van der Waals surface area contributed by atoms with E-state index in [2.05, 4.69) is 5.32 Å². The van der Waals surface area contributed by atoms with Gasteiger partial charge in [0.25, 0.3) is 10.2 Å². The number of hydrogen-bond donors (Lipinski definition) is 1. The molecule has 16 heavy (non-hydrogen) atoms. The monoisotopic (exact) mass is 249 g/mol. The van der Waals surface area contributed by atoms with Crippen LogP contribution in [0.2, 0.25) is 0 Å². The summed E-state index contributed by atoms with van der Waals surface area (Å²) in [5.74, 6) is 0. The zero-order chi connectivity index (χ0) is 12.5. The van der Waals surface area contributed by atoms with E-state index in [-0.39, 0.29) is 18.1 Å². The Labute approximate surface area is 99.0 Å². The van der Waals surface area contributed by atoms with Crippen molar-refractivity contribution in [2.24, 2.45) is 0 Å². The van der Waals surface area contributed by atoms with Crippen molar-refractivity contribution < 1.29 is 8.42 Å². The second-order valence-corrected chi connectivity index (χ2v) is 6.89. The number of piperazine rings is 1. The molecule has 5 nitrogen and oxygen atoms in total. The van der Waals surface area contributed by atoms with Gasteiger partial charge in [0.1, 0.15) is 0 Å². The van der Waals surface area contributed by atoms with E-state index in [1.54, 1.807) is 11.4 Å². The van der Waals surface area contributed by atoms with E-state index in [9.17, 15) is 8.42 Å². The fourth-order valence-corrected chi connectivity index (χ4v) is 3.63. The van der Waals surface area contributed by atoms with Crippen LogP contribution in [0.15, 0.2) is 0 Å². The van der Waals surface area contributed by atoms with E-state index in [0.29, 0.717) is 13.1 Å². The Bertz CT molecular complexity index is 319. The van der Waals surface area contributed by atoms with E-state index >= 15 is 0 Å². The summed E-state index contributed by atoms with van der Waals surface area (Å²) >= 11 is 0. The molecular formula is C10H23N3O2S. The second-order valence-electron chi connectivity index (χ2n) is 4.90. The minimum atomic E-state index is -3.30. The van der Waals surface area contributed by atoms with Crippen LogP contribution >= 0.6 is 0 Å². The normalized spacial score (nSPS) is 28.9. The van der Waals surface area contributed by atoms with Crippen LogP contribution in [0.25, 0.3) is 0 Å². The molecule has 0 aromatic heterocycles. The van der Waals surface area contributed by atoms with Crippen molar-refractivity contribution in [2.75, 3.05) is 20.1 Å². The summed E-state index contributed by atoms with van der Waals surface area (Å²) in [6.07, 6.45) is 0. The first kappa shape index (κ1) is 13.9. The predicted molar refractivity (Wildman–Crippen MR) is 65.5 cm³/mol. The largest absolute Gasteiger partial charge is 0.309 e. The van der Waals surface area contributed by atoms with Crippen LogP contribution in [0, 0.1) is 0 Å². The molecule has 1 N–H and O–H groups in total. The number of rotatable bonds is 3. The Hall–Kier alpha value is -0.170. The van der Waals surface area contributed by atoms with E-state index in [1.807, 2.05) is 27.7 Å². The van der Waals surface area contributed by atoms with Gasteiger partial charge in [-0.1, -0.05) is 0 Å². The summed E-state index contributed by atoms with van der Waals surface area (Å²) in [6.45, 7) is 8.87. The molecule has 0 aliphatic carbocycles. The first-order valence-electron chi connectivity index (χ1n) is 5.74. The first-order valence-corrected chi connectivity index (χ1v) is 7.14. The van der Waals surface area contributed by atoms with Crippen LogP contribution in [-0.2, 0) is 10.2 Å². The molecular weight excluding hydrogens is 226 g/mol. The summed E-state index contributed by atoms with van der Waals surface area (Å²) in [7, 11) is -1.66. The van der Waals surface area contributed by atoms with Gasteiger partial charge in [-0.25, -0.2) is 0 Å². The molecule has 0 spiro atoms. The van der Waals surface area contributed by atoms with Crippen LogP contribution in [-0.4, -0.2) is 55.3 Å². The van der Waals surface area contributed by atoms with Crippen molar-refractivity contribution in [3.05, 3.63) is 0 Å². The molecule has 1 heterocycles. The third-order valence-corrected chi connectivity index (χ3v) is 5.04. The van der Waals surface area contributed by atoms with Crippen molar-refractivity contribution in [3.8, 4) is 0 Å². The summed E-state index contributed by atoms with van der Waals surface area (Å²) < 4.78 is 27.5. The average molecular weight is 249 g/mol. The lowest BCUT2D eigenvalue weighted by Crippen LogP contribution is -2.58. The van der Waals surface area contributed by atoms with Crippen molar-refractivity contribution >= 4 is 10.2 Å². The molecule has 1 aliphatic rings. The molecule has 0 aromatic rings. The lowest BCUT2D eigenvalue weighted by atomic mass is 10.2. The van der Waals surface area contributed by atoms with Gasteiger partial charge in [0.2, 0.25) is 0 Å². The van der Waals surface area contributed by atoms with E-state index in [0.717, 1.165) is 0 Å². The molecule has 1 aliphatic heterocycles. The highest BCUT2D eigenvalue weighted by atomic mass is 32.2. The molecule has 0 amide bonds. The Morgan fingerprint density at radius 3 is 2.06 bits per heavy atom. The fourth-order valence-electron chi connectivity index (χ4n) is 1.91. The highest BCUT2D eigenvalue weighted by Gasteiger charge is 2.33. The van der Waals surface area contributed by atoms with Crippen LogP contribution < -0.4 is 5.32 Å². The lowest BCUT2D eigenvalue weighted by molar-refractivity contribution is 0.243. The molecule has 0 radical (unpaired) electrons. The van der Waals surface area contributed by atoms with Gasteiger partial charge in [-0.3, -0.25) is 0 Å². The van der Waals surface area contributed by atoms with Crippen LogP contribution in [0.1, 0.15) is 27.7 Å². The predicted octanol–water partition coefficient (Wildman–Crippen LogP) is 0.254. The number of nitrogens with zero attached hydrogens (tertiary/aromatic N) is 2. The maximum absolute atomic E-state index is 12.2. The maximum atomic E-state index is 12.2. The average Bonchev–Trinajstić information content (AvgIpc) is 2.14. The Kier molecular flexibility index (Phi) is 4.34.